The molecule has 2 aromatic rings. The summed E-state index contributed by atoms with van der Waals surface area (Å²) in [5, 5.41) is 0. The Hall–Kier alpha value is -2.11. The van der Waals surface area contributed by atoms with Crippen molar-refractivity contribution in [3.63, 3.8) is 0 Å². The molecule has 0 amide bonds. The van der Waals surface area contributed by atoms with Crippen molar-refractivity contribution in [3.05, 3.63) is 59.9 Å². The zero-order valence-corrected chi connectivity index (χ0v) is 15.3. The fourth-order valence-electron chi connectivity index (χ4n) is 3.31. The fraction of sp³-hybridized carbons (Fsp3) is 0.350. The van der Waals surface area contributed by atoms with Gasteiger partial charge in [0.2, 0.25) is 0 Å². The number of carbonyl (C=O) groups is 1. The predicted octanol–water partition coefficient (Wildman–Crippen LogP) is 3.60. The van der Waals surface area contributed by atoms with Gasteiger partial charge in [-0.3, -0.25) is 9.88 Å². The van der Waals surface area contributed by atoms with Crippen LogP contribution in [0.5, 0.6) is 0 Å². The van der Waals surface area contributed by atoms with Crippen LogP contribution in [0, 0.1) is 0 Å². The highest BCUT2D eigenvalue weighted by molar-refractivity contribution is 7.79. The topological polar surface area (TPSA) is 36.4 Å². The molecule has 4 nitrogen and oxygen atoms in total. The number of aromatic nitrogens is 1. The van der Waals surface area contributed by atoms with Crippen LogP contribution < -0.4 is 4.90 Å². The van der Waals surface area contributed by atoms with Crippen molar-refractivity contribution in [2.75, 3.05) is 11.9 Å². The first-order valence-corrected chi connectivity index (χ1v) is 9.01. The van der Waals surface area contributed by atoms with Gasteiger partial charge in [0.15, 0.2) is 0 Å². The van der Waals surface area contributed by atoms with Crippen LogP contribution in [0.2, 0.25) is 0 Å². The van der Waals surface area contributed by atoms with Crippen molar-refractivity contribution in [1.29, 1.82) is 0 Å². The van der Waals surface area contributed by atoms with Gasteiger partial charge in [0.05, 0.1) is 5.49 Å². The van der Waals surface area contributed by atoms with Crippen molar-refractivity contribution in [3.8, 4) is 0 Å². The van der Waals surface area contributed by atoms with Gasteiger partial charge in [-0.2, -0.15) is 0 Å². The second kappa shape index (κ2) is 7.85. The molecule has 0 aliphatic heterocycles. The Morgan fingerprint density at radius 1 is 1.08 bits per heavy atom. The average molecular weight is 353 g/mol. The number of carbonyl (C=O) groups excluding carboxylic acids is 1. The smallest absolute Gasteiger partial charge is 0.145 e. The van der Waals surface area contributed by atoms with Crippen LogP contribution in [0.15, 0.2) is 48.8 Å². The lowest BCUT2D eigenvalue weighted by Gasteiger charge is -2.45. The normalized spacial score (nSPS) is 15.4. The zero-order valence-electron chi connectivity index (χ0n) is 14.5. The summed E-state index contributed by atoms with van der Waals surface area (Å²) in [6.07, 6.45) is 7.52. The molecule has 5 heteroatoms. The van der Waals surface area contributed by atoms with Gasteiger partial charge in [-0.15, -0.1) is 0 Å². The van der Waals surface area contributed by atoms with Crippen molar-refractivity contribution in [2.45, 2.75) is 37.9 Å². The summed E-state index contributed by atoms with van der Waals surface area (Å²) in [4.78, 5) is 19.8. The minimum absolute atomic E-state index is 0.429. The molecule has 0 bridgehead atoms. The molecule has 1 heterocycles. The molecular weight excluding hydrogens is 330 g/mol. The molecule has 0 saturated heterocycles. The van der Waals surface area contributed by atoms with Crippen molar-refractivity contribution >= 4 is 29.7 Å². The van der Waals surface area contributed by atoms with Crippen LogP contribution in [0.4, 0.5) is 5.69 Å². The Kier molecular flexibility index (Phi) is 5.56. The molecule has 0 unspecified atom stereocenters. The third-order valence-electron chi connectivity index (χ3n) is 4.89. The quantitative estimate of drug-likeness (QED) is 0.535. The summed E-state index contributed by atoms with van der Waals surface area (Å²) < 4.78 is 0. The Morgan fingerprint density at radius 3 is 2.16 bits per heavy atom. The minimum Gasteiger partial charge on any atom is -0.326 e. The van der Waals surface area contributed by atoms with Crippen LogP contribution >= 0.6 is 12.2 Å². The van der Waals surface area contributed by atoms with Gasteiger partial charge in [-0.05, 0) is 61.7 Å². The number of hydrogen-bond acceptors (Lipinski definition) is 4. The van der Waals surface area contributed by atoms with Crippen LogP contribution in [-0.2, 0) is 17.9 Å². The molecule has 1 aliphatic rings. The van der Waals surface area contributed by atoms with E-state index in [1.54, 1.807) is 5.49 Å². The third-order valence-corrected chi connectivity index (χ3v) is 5.10. The highest BCUT2D eigenvalue weighted by atomic mass is 32.1. The molecule has 1 aliphatic carbocycles. The zero-order chi connectivity index (χ0) is 17.7. The maximum Gasteiger partial charge on any atom is 0.145 e. The maximum atomic E-state index is 11.5. The molecule has 1 aromatic heterocycles. The summed E-state index contributed by atoms with van der Waals surface area (Å²) in [5.41, 5.74) is 4.65. The van der Waals surface area contributed by atoms with Gasteiger partial charge in [0.1, 0.15) is 11.8 Å². The molecule has 1 aromatic carbocycles. The molecule has 0 atom stereocenters. The summed E-state index contributed by atoms with van der Waals surface area (Å²) in [7, 11) is 2.10. The van der Waals surface area contributed by atoms with E-state index in [-0.39, 0.29) is 0 Å². The number of thiocarbonyl (C=S) groups is 1. The molecule has 130 valence electrons. The molecule has 0 N–H and O–H groups in total. The number of pyridine rings is 1. The number of rotatable bonds is 8. The highest BCUT2D eigenvalue weighted by Gasteiger charge is 2.42. The maximum absolute atomic E-state index is 11.5. The van der Waals surface area contributed by atoms with E-state index in [0.29, 0.717) is 0 Å². The van der Waals surface area contributed by atoms with Gasteiger partial charge < -0.3 is 9.69 Å². The Bertz CT molecular complexity index is 713. The first-order valence-electron chi connectivity index (χ1n) is 8.54. The average Bonchev–Trinajstić information content (AvgIpc) is 2.60. The number of nitrogens with zero attached hydrogens (tertiary/aromatic N) is 3. The highest BCUT2D eigenvalue weighted by Crippen LogP contribution is 2.38. The van der Waals surface area contributed by atoms with Gasteiger partial charge >= 0.3 is 0 Å². The van der Waals surface area contributed by atoms with Gasteiger partial charge in [0.25, 0.3) is 0 Å². The molecular formula is C20H23N3OS. The van der Waals surface area contributed by atoms with E-state index in [1.807, 2.05) is 29.4 Å². The van der Waals surface area contributed by atoms with Crippen molar-refractivity contribution < 1.29 is 4.79 Å². The van der Waals surface area contributed by atoms with Crippen LogP contribution in [0.1, 0.15) is 30.4 Å². The molecule has 1 saturated carbocycles. The van der Waals surface area contributed by atoms with Gasteiger partial charge in [0, 0.05) is 31.2 Å². The van der Waals surface area contributed by atoms with E-state index in [0.717, 1.165) is 44.3 Å². The Morgan fingerprint density at radius 2 is 1.68 bits per heavy atom. The van der Waals surface area contributed by atoms with Crippen molar-refractivity contribution in [2.24, 2.45) is 0 Å². The molecule has 25 heavy (non-hydrogen) atoms. The second-order valence-corrected chi connectivity index (χ2v) is 6.96. The Labute approximate surface area is 154 Å². The Balaban J connectivity index is 1.65. The first kappa shape index (κ1) is 17.7. The number of benzene rings is 1. The lowest BCUT2D eigenvalue weighted by atomic mass is 9.76. The molecule has 1 fully saturated rings. The largest absolute Gasteiger partial charge is 0.326 e. The van der Waals surface area contributed by atoms with Crippen LogP contribution in [0.25, 0.3) is 0 Å². The lowest BCUT2D eigenvalue weighted by Crippen LogP contribution is -2.54. The van der Waals surface area contributed by atoms with Crippen LogP contribution in [0.3, 0.4) is 0 Å². The fourth-order valence-corrected chi connectivity index (χ4v) is 3.64. The van der Waals surface area contributed by atoms with E-state index < -0.39 is 5.54 Å². The van der Waals surface area contributed by atoms with Crippen LogP contribution in [-0.4, -0.2) is 34.2 Å². The number of anilines is 1. The molecule has 0 spiro atoms. The van der Waals surface area contributed by atoms with E-state index in [1.165, 1.54) is 11.1 Å². The first-order chi connectivity index (χ1) is 12.2. The summed E-state index contributed by atoms with van der Waals surface area (Å²) in [6.45, 7) is 1.74. The SMILES string of the molecule is CN(Cc1ccncc1)Cc1ccc(N(C=S)C2(C=O)CCC2)cc1. The van der Waals surface area contributed by atoms with E-state index in [2.05, 4.69) is 41.2 Å². The predicted molar refractivity (Wildman–Crippen MR) is 105 cm³/mol. The van der Waals surface area contributed by atoms with E-state index in [4.69, 9.17) is 12.2 Å². The van der Waals surface area contributed by atoms with E-state index >= 15 is 0 Å². The number of aldehydes is 1. The summed E-state index contributed by atoms with van der Waals surface area (Å²) in [5.74, 6) is 0. The van der Waals surface area contributed by atoms with Gasteiger partial charge in [-0.1, -0.05) is 24.4 Å². The molecule has 0 radical (unpaired) electrons. The lowest BCUT2D eigenvalue weighted by molar-refractivity contribution is -0.114. The van der Waals surface area contributed by atoms with Gasteiger partial charge in [-0.25, -0.2) is 0 Å². The summed E-state index contributed by atoms with van der Waals surface area (Å²) in [6, 6.07) is 12.4. The standard InChI is InChI=1S/C20H23N3OS/c1-22(14-18-7-11-21-12-8-18)13-17-3-5-19(6-4-17)23(16-25)20(15-24)9-2-10-20/h3-8,11-12,15-16H,2,9-10,13-14H2,1H3. The minimum atomic E-state index is -0.429. The third kappa shape index (κ3) is 3.94. The number of hydrogen-bond donors (Lipinski definition) is 0. The monoisotopic (exact) mass is 353 g/mol. The second-order valence-electron chi connectivity index (χ2n) is 6.74. The summed E-state index contributed by atoms with van der Waals surface area (Å²) >= 11 is 5.17. The molecule has 3 rings (SSSR count). The van der Waals surface area contributed by atoms with E-state index in [9.17, 15) is 4.79 Å². The van der Waals surface area contributed by atoms with Crippen molar-refractivity contribution in [1.82, 2.24) is 9.88 Å².